The number of nitrogens with one attached hydrogen (secondary N) is 1. The van der Waals surface area contributed by atoms with Crippen LogP contribution in [0.2, 0.25) is 0 Å². The summed E-state index contributed by atoms with van der Waals surface area (Å²) in [7, 11) is -2.55. The molecule has 0 spiro atoms. The number of rotatable bonds is 4. The number of hydrogen-bond acceptors (Lipinski definition) is 4. The predicted octanol–water partition coefficient (Wildman–Crippen LogP) is 0.901. The van der Waals surface area contributed by atoms with Gasteiger partial charge in [-0.05, 0) is 6.07 Å². The minimum atomic E-state index is -3.91. The first-order valence-corrected chi connectivity index (χ1v) is 7.27. The van der Waals surface area contributed by atoms with Crippen LogP contribution in [0.5, 0.6) is 5.75 Å². The maximum absolute atomic E-state index is 12.3. The second-order valence-corrected chi connectivity index (χ2v) is 6.28. The molecular weight excluding hydrogens is 280 g/mol. The number of pyridine rings is 1. The van der Waals surface area contributed by atoms with Crippen LogP contribution in [0.25, 0.3) is 0 Å². The third kappa shape index (κ3) is 2.73. The van der Waals surface area contributed by atoms with Crippen molar-refractivity contribution < 1.29 is 13.5 Å². The first-order chi connectivity index (χ1) is 9.43. The molecule has 2 aromatic rings. The molecule has 0 bridgehead atoms. The molecule has 106 valence electrons. The molecule has 1 aromatic carbocycles. The molecule has 0 fully saturated rings. The minimum Gasteiger partial charge on any atom is -0.508 e. The van der Waals surface area contributed by atoms with Gasteiger partial charge in [0.25, 0.3) is 0 Å². The number of hydrogen-bond donors (Lipinski definition) is 2. The van der Waals surface area contributed by atoms with Crippen LogP contribution in [0.4, 0.5) is 0 Å². The highest BCUT2D eigenvalue weighted by atomic mass is 32.2. The Bertz CT molecular complexity index is 768. The highest BCUT2D eigenvalue weighted by Crippen LogP contribution is 2.20. The second-order valence-electron chi connectivity index (χ2n) is 4.26. The van der Waals surface area contributed by atoms with Crippen LogP contribution in [-0.4, -0.2) is 29.9 Å². The molecule has 1 aromatic heterocycles. The van der Waals surface area contributed by atoms with Crippen LogP contribution in [0.3, 0.4) is 0 Å². The maximum atomic E-state index is 12.3. The number of phenols is 1. The Balaban J connectivity index is 2.34. The van der Waals surface area contributed by atoms with E-state index in [0.717, 1.165) is 16.6 Å². The Kier molecular flexibility index (Phi) is 3.91. The van der Waals surface area contributed by atoms with Crippen LogP contribution >= 0.6 is 0 Å². The van der Waals surface area contributed by atoms with Crippen LogP contribution in [0.1, 0.15) is 5.56 Å². The number of aromatic amines is 1. The molecule has 0 aliphatic heterocycles. The average molecular weight is 294 g/mol. The number of aromatic hydroxyl groups is 1. The quantitative estimate of drug-likeness (QED) is 0.876. The first-order valence-electron chi connectivity index (χ1n) is 5.83. The number of sulfonamides is 1. The Morgan fingerprint density at radius 1 is 1.25 bits per heavy atom. The maximum Gasteiger partial charge on any atom is 0.248 e. The van der Waals surface area contributed by atoms with Gasteiger partial charge >= 0.3 is 0 Å². The largest absolute Gasteiger partial charge is 0.508 e. The fraction of sp³-hybridized carbons (Fsp3) is 0.154. The zero-order valence-corrected chi connectivity index (χ0v) is 11.6. The van der Waals surface area contributed by atoms with Crippen molar-refractivity contribution in [3.8, 4) is 5.75 Å². The molecule has 0 radical (unpaired) electrons. The van der Waals surface area contributed by atoms with E-state index in [2.05, 4.69) is 4.98 Å². The zero-order chi connectivity index (χ0) is 14.8. The Hall–Kier alpha value is -2.12. The van der Waals surface area contributed by atoms with Crippen LogP contribution in [0.15, 0.2) is 52.4 Å². The average Bonchev–Trinajstić information content (AvgIpc) is 2.41. The van der Waals surface area contributed by atoms with E-state index in [-0.39, 0.29) is 17.2 Å². The lowest BCUT2D eigenvalue weighted by atomic mass is 10.2. The molecule has 0 saturated carbocycles. The lowest BCUT2D eigenvalue weighted by molar-refractivity contribution is 0.435. The normalized spacial score (nSPS) is 11.7. The van der Waals surface area contributed by atoms with E-state index in [1.54, 1.807) is 18.2 Å². The SMILES string of the molecule is CN(Cc1ccccc1O)S(=O)(=O)c1c[nH]ccc1=O. The summed E-state index contributed by atoms with van der Waals surface area (Å²) in [4.78, 5) is 13.9. The van der Waals surface area contributed by atoms with Gasteiger partial charge in [0.2, 0.25) is 15.5 Å². The lowest BCUT2D eigenvalue weighted by Gasteiger charge is -2.17. The van der Waals surface area contributed by atoms with Gasteiger partial charge in [-0.15, -0.1) is 0 Å². The molecule has 7 heteroatoms. The fourth-order valence-electron chi connectivity index (χ4n) is 1.74. The molecule has 1 heterocycles. The van der Waals surface area contributed by atoms with Crippen molar-refractivity contribution in [3.63, 3.8) is 0 Å². The summed E-state index contributed by atoms with van der Waals surface area (Å²) >= 11 is 0. The number of phenolic OH excluding ortho intramolecular Hbond substituents is 1. The third-order valence-electron chi connectivity index (χ3n) is 2.86. The summed E-state index contributed by atoms with van der Waals surface area (Å²) in [6.45, 7) is -0.0245. The molecule has 0 aliphatic carbocycles. The van der Waals surface area contributed by atoms with Gasteiger partial charge in [-0.2, -0.15) is 4.31 Å². The monoisotopic (exact) mass is 294 g/mol. The van der Waals surface area contributed by atoms with Gasteiger partial charge in [0, 0.05) is 37.6 Å². The molecule has 0 aliphatic rings. The van der Waals surface area contributed by atoms with Gasteiger partial charge in [-0.1, -0.05) is 18.2 Å². The van der Waals surface area contributed by atoms with Crippen molar-refractivity contribution in [1.29, 1.82) is 0 Å². The number of nitrogens with zero attached hydrogens (tertiary/aromatic N) is 1. The summed E-state index contributed by atoms with van der Waals surface area (Å²) in [6, 6.07) is 7.60. The lowest BCUT2D eigenvalue weighted by Crippen LogP contribution is -2.30. The van der Waals surface area contributed by atoms with Crippen molar-refractivity contribution in [2.24, 2.45) is 0 Å². The molecule has 0 amide bonds. The zero-order valence-electron chi connectivity index (χ0n) is 10.8. The molecule has 2 N–H and O–H groups in total. The topological polar surface area (TPSA) is 90.5 Å². The smallest absolute Gasteiger partial charge is 0.248 e. The van der Waals surface area contributed by atoms with E-state index in [0.29, 0.717) is 5.56 Å². The molecule has 0 atom stereocenters. The van der Waals surface area contributed by atoms with Gasteiger partial charge < -0.3 is 10.1 Å². The van der Waals surface area contributed by atoms with E-state index >= 15 is 0 Å². The molecule has 2 rings (SSSR count). The van der Waals surface area contributed by atoms with Crippen molar-refractivity contribution in [2.45, 2.75) is 11.4 Å². The van der Waals surface area contributed by atoms with E-state index < -0.39 is 15.5 Å². The molecule has 0 unspecified atom stereocenters. The second kappa shape index (κ2) is 5.48. The minimum absolute atomic E-state index is 0.0107. The summed E-state index contributed by atoms with van der Waals surface area (Å²) in [5.41, 5.74) is -0.112. The third-order valence-corrected chi connectivity index (χ3v) is 4.69. The Morgan fingerprint density at radius 3 is 2.60 bits per heavy atom. The Labute approximate surface area is 116 Å². The molecule has 6 nitrogen and oxygen atoms in total. The predicted molar refractivity (Wildman–Crippen MR) is 73.8 cm³/mol. The summed E-state index contributed by atoms with van der Waals surface area (Å²) < 4.78 is 25.6. The standard InChI is InChI=1S/C13H14N2O4S/c1-15(9-10-4-2-3-5-11(10)16)20(18,19)13-8-14-7-6-12(13)17/h2-8,16H,9H2,1H3,(H,14,17). The van der Waals surface area contributed by atoms with Gasteiger partial charge in [-0.3, -0.25) is 4.79 Å². The van der Waals surface area contributed by atoms with Crippen molar-refractivity contribution in [1.82, 2.24) is 9.29 Å². The van der Waals surface area contributed by atoms with Gasteiger partial charge in [0.05, 0.1) is 0 Å². The van der Waals surface area contributed by atoms with E-state index in [4.69, 9.17) is 0 Å². The highest BCUT2D eigenvalue weighted by molar-refractivity contribution is 7.89. The number of aromatic nitrogens is 1. The Morgan fingerprint density at radius 2 is 1.95 bits per heavy atom. The van der Waals surface area contributed by atoms with Crippen molar-refractivity contribution >= 4 is 10.0 Å². The molecular formula is C13H14N2O4S. The van der Waals surface area contributed by atoms with Crippen molar-refractivity contribution in [3.05, 3.63) is 58.5 Å². The number of para-hydroxylation sites is 1. The van der Waals surface area contributed by atoms with Gasteiger partial charge in [0.1, 0.15) is 10.6 Å². The van der Waals surface area contributed by atoms with E-state index in [9.17, 15) is 18.3 Å². The summed E-state index contributed by atoms with van der Waals surface area (Å²) in [5, 5.41) is 9.66. The van der Waals surface area contributed by atoms with Crippen LogP contribution < -0.4 is 5.43 Å². The molecule has 20 heavy (non-hydrogen) atoms. The van der Waals surface area contributed by atoms with Crippen molar-refractivity contribution in [2.75, 3.05) is 7.05 Å². The first kappa shape index (κ1) is 14.3. The van der Waals surface area contributed by atoms with Gasteiger partial charge in [-0.25, -0.2) is 8.42 Å². The van der Waals surface area contributed by atoms with E-state index in [1.165, 1.54) is 19.3 Å². The number of benzene rings is 1. The summed E-state index contributed by atoms with van der Waals surface area (Å²) in [6.07, 6.45) is 2.52. The molecule has 0 saturated heterocycles. The van der Waals surface area contributed by atoms with Crippen LogP contribution in [0, 0.1) is 0 Å². The fourth-order valence-corrected chi connectivity index (χ4v) is 2.92. The van der Waals surface area contributed by atoms with E-state index in [1.807, 2.05) is 0 Å². The number of H-pyrrole nitrogens is 1. The van der Waals surface area contributed by atoms with Gasteiger partial charge in [0.15, 0.2) is 0 Å². The highest BCUT2D eigenvalue weighted by Gasteiger charge is 2.24. The van der Waals surface area contributed by atoms with Crippen LogP contribution in [-0.2, 0) is 16.6 Å². The summed E-state index contributed by atoms with van der Waals surface area (Å²) in [5.74, 6) is 0.0107.